The maximum absolute atomic E-state index is 5.96. The van der Waals surface area contributed by atoms with Crippen molar-refractivity contribution < 1.29 is 4.74 Å². The van der Waals surface area contributed by atoms with Crippen molar-refractivity contribution in [2.24, 2.45) is 5.73 Å². The van der Waals surface area contributed by atoms with E-state index in [9.17, 15) is 0 Å². The van der Waals surface area contributed by atoms with Crippen molar-refractivity contribution >= 4 is 0 Å². The molecule has 0 saturated carbocycles. The van der Waals surface area contributed by atoms with Crippen LogP contribution in [0, 0.1) is 0 Å². The van der Waals surface area contributed by atoms with Crippen LogP contribution in [-0.4, -0.2) is 7.11 Å². The second-order valence-electron chi connectivity index (χ2n) is 3.17. The highest BCUT2D eigenvalue weighted by atomic mass is 16.5. The van der Waals surface area contributed by atoms with Crippen LogP contribution in [0.2, 0.25) is 0 Å². The smallest absolute Gasteiger partial charge is 0.118 e. The molecule has 1 unspecified atom stereocenters. The summed E-state index contributed by atoms with van der Waals surface area (Å²) >= 11 is 0. The molecule has 0 aromatic heterocycles. The SMILES string of the molecule is CCCC(N)c1ccc(OC)cc1. The summed E-state index contributed by atoms with van der Waals surface area (Å²) in [5, 5.41) is 0. The highest BCUT2D eigenvalue weighted by Gasteiger charge is 2.03. The van der Waals surface area contributed by atoms with Crippen LogP contribution in [0.15, 0.2) is 24.3 Å². The van der Waals surface area contributed by atoms with E-state index in [2.05, 4.69) is 6.92 Å². The molecule has 0 bridgehead atoms. The van der Waals surface area contributed by atoms with Crippen LogP contribution in [0.5, 0.6) is 5.75 Å². The number of benzene rings is 1. The Labute approximate surface area is 79.7 Å². The normalized spacial score (nSPS) is 12.5. The van der Waals surface area contributed by atoms with Gasteiger partial charge in [-0.25, -0.2) is 0 Å². The van der Waals surface area contributed by atoms with Gasteiger partial charge in [0.15, 0.2) is 0 Å². The van der Waals surface area contributed by atoms with Crippen LogP contribution >= 0.6 is 0 Å². The second-order valence-corrected chi connectivity index (χ2v) is 3.17. The first-order valence-electron chi connectivity index (χ1n) is 4.67. The van der Waals surface area contributed by atoms with Crippen molar-refractivity contribution in [2.75, 3.05) is 7.11 Å². The Morgan fingerprint density at radius 2 is 1.92 bits per heavy atom. The molecule has 1 aromatic rings. The monoisotopic (exact) mass is 179 g/mol. The lowest BCUT2D eigenvalue weighted by Crippen LogP contribution is -2.09. The van der Waals surface area contributed by atoms with Gasteiger partial charge in [-0.15, -0.1) is 0 Å². The third kappa shape index (κ3) is 2.74. The molecule has 13 heavy (non-hydrogen) atoms. The zero-order chi connectivity index (χ0) is 9.68. The molecule has 0 radical (unpaired) electrons. The summed E-state index contributed by atoms with van der Waals surface area (Å²) in [7, 11) is 1.67. The average Bonchev–Trinajstić information content (AvgIpc) is 2.18. The molecule has 0 amide bonds. The topological polar surface area (TPSA) is 35.2 Å². The number of hydrogen-bond donors (Lipinski definition) is 1. The molecule has 0 fully saturated rings. The molecule has 72 valence electrons. The molecule has 0 aliphatic heterocycles. The largest absolute Gasteiger partial charge is 0.497 e. The first-order valence-corrected chi connectivity index (χ1v) is 4.67. The molecular formula is C11H17NO. The van der Waals surface area contributed by atoms with E-state index >= 15 is 0 Å². The lowest BCUT2D eigenvalue weighted by Gasteiger charge is -2.10. The van der Waals surface area contributed by atoms with Crippen molar-refractivity contribution in [2.45, 2.75) is 25.8 Å². The molecular weight excluding hydrogens is 162 g/mol. The second kappa shape index (κ2) is 4.87. The van der Waals surface area contributed by atoms with Crippen LogP contribution in [-0.2, 0) is 0 Å². The third-order valence-electron chi connectivity index (χ3n) is 2.14. The van der Waals surface area contributed by atoms with Gasteiger partial charge >= 0.3 is 0 Å². The van der Waals surface area contributed by atoms with Crippen molar-refractivity contribution in [1.82, 2.24) is 0 Å². The number of methoxy groups -OCH3 is 1. The van der Waals surface area contributed by atoms with Crippen molar-refractivity contribution in [3.63, 3.8) is 0 Å². The zero-order valence-electron chi connectivity index (χ0n) is 8.29. The van der Waals surface area contributed by atoms with Crippen LogP contribution in [0.3, 0.4) is 0 Å². The van der Waals surface area contributed by atoms with E-state index in [0.29, 0.717) is 0 Å². The van der Waals surface area contributed by atoms with Crippen LogP contribution in [0.25, 0.3) is 0 Å². The Balaban J connectivity index is 2.67. The Morgan fingerprint density at radius 3 is 2.38 bits per heavy atom. The summed E-state index contributed by atoms with van der Waals surface area (Å²) in [5.74, 6) is 0.882. The summed E-state index contributed by atoms with van der Waals surface area (Å²) in [6.07, 6.45) is 2.15. The Bertz CT molecular complexity index is 243. The first-order chi connectivity index (χ1) is 6.27. The molecule has 0 heterocycles. The Kier molecular flexibility index (Phi) is 3.77. The predicted molar refractivity (Wildman–Crippen MR) is 54.8 cm³/mol. The standard InChI is InChI=1S/C11H17NO/c1-3-4-11(12)9-5-7-10(13-2)8-6-9/h5-8,11H,3-4,12H2,1-2H3. The fraction of sp³-hybridized carbons (Fsp3) is 0.455. The van der Waals surface area contributed by atoms with Crippen LogP contribution in [0.1, 0.15) is 31.4 Å². The molecule has 0 saturated heterocycles. The average molecular weight is 179 g/mol. The van der Waals surface area contributed by atoms with Gasteiger partial charge in [-0.05, 0) is 24.1 Å². The van der Waals surface area contributed by atoms with Gasteiger partial charge in [-0.1, -0.05) is 25.5 Å². The molecule has 1 atom stereocenters. The third-order valence-corrected chi connectivity index (χ3v) is 2.14. The van der Waals surface area contributed by atoms with Crippen molar-refractivity contribution in [3.8, 4) is 5.75 Å². The van der Waals surface area contributed by atoms with E-state index in [1.54, 1.807) is 7.11 Å². The molecule has 2 heteroatoms. The van der Waals surface area contributed by atoms with Crippen LogP contribution < -0.4 is 10.5 Å². The number of nitrogens with two attached hydrogens (primary N) is 1. The summed E-state index contributed by atoms with van der Waals surface area (Å²) in [4.78, 5) is 0. The van der Waals surface area contributed by atoms with E-state index in [1.165, 1.54) is 5.56 Å². The van der Waals surface area contributed by atoms with Crippen LogP contribution in [0.4, 0.5) is 0 Å². The molecule has 0 spiro atoms. The van der Waals surface area contributed by atoms with Gasteiger partial charge in [0.25, 0.3) is 0 Å². The van der Waals surface area contributed by atoms with E-state index in [0.717, 1.165) is 18.6 Å². The summed E-state index contributed by atoms with van der Waals surface area (Å²) < 4.78 is 5.07. The number of rotatable bonds is 4. The molecule has 2 N–H and O–H groups in total. The summed E-state index contributed by atoms with van der Waals surface area (Å²) in [6.45, 7) is 2.14. The summed E-state index contributed by atoms with van der Waals surface area (Å²) in [5.41, 5.74) is 7.14. The minimum atomic E-state index is 0.163. The fourth-order valence-corrected chi connectivity index (χ4v) is 1.33. The molecule has 1 aromatic carbocycles. The van der Waals surface area contributed by atoms with E-state index in [-0.39, 0.29) is 6.04 Å². The van der Waals surface area contributed by atoms with Gasteiger partial charge in [0.2, 0.25) is 0 Å². The maximum atomic E-state index is 5.96. The Hall–Kier alpha value is -1.02. The number of ether oxygens (including phenoxy) is 1. The predicted octanol–water partition coefficient (Wildman–Crippen LogP) is 2.50. The molecule has 0 aliphatic rings. The fourth-order valence-electron chi connectivity index (χ4n) is 1.33. The molecule has 0 aliphatic carbocycles. The highest BCUT2D eigenvalue weighted by molar-refractivity contribution is 5.28. The van der Waals surface area contributed by atoms with Gasteiger partial charge in [0, 0.05) is 6.04 Å². The van der Waals surface area contributed by atoms with Crippen molar-refractivity contribution in [1.29, 1.82) is 0 Å². The van der Waals surface area contributed by atoms with Gasteiger partial charge in [-0.3, -0.25) is 0 Å². The molecule has 1 rings (SSSR count). The summed E-state index contributed by atoms with van der Waals surface area (Å²) in [6, 6.07) is 8.12. The van der Waals surface area contributed by atoms with E-state index < -0.39 is 0 Å². The van der Waals surface area contributed by atoms with E-state index in [4.69, 9.17) is 10.5 Å². The first kappa shape index (κ1) is 10.1. The van der Waals surface area contributed by atoms with Gasteiger partial charge in [-0.2, -0.15) is 0 Å². The lowest BCUT2D eigenvalue weighted by atomic mass is 10.0. The minimum Gasteiger partial charge on any atom is -0.497 e. The minimum absolute atomic E-state index is 0.163. The van der Waals surface area contributed by atoms with Crippen molar-refractivity contribution in [3.05, 3.63) is 29.8 Å². The lowest BCUT2D eigenvalue weighted by molar-refractivity contribution is 0.414. The maximum Gasteiger partial charge on any atom is 0.118 e. The van der Waals surface area contributed by atoms with Gasteiger partial charge in [0.05, 0.1) is 7.11 Å². The molecule has 2 nitrogen and oxygen atoms in total. The number of hydrogen-bond acceptors (Lipinski definition) is 2. The zero-order valence-corrected chi connectivity index (χ0v) is 8.29. The van der Waals surface area contributed by atoms with Gasteiger partial charge < -0.3 is 10.5 Å². The van der Waals surface area contributed by atoms with E-state index in [1.807, 2.05) is 24.3 Å². The highest BCUT2D eigenvalue weighted by Crippen LogP contribution is 2.18. The Morgan fingerprint density at radius 1 is 1.31 bits per heavy atom. The quantitative estimate of drug-likeness (QED) is 0.770. The van der Waals surface area contributed by atoms with Gasteiger partial charge in [0.1, 0.15) is 5.75 Å².